The Balaban J connectivity index is 1.62. The zero-order valence-electron chi connectivity index (χ0n) is 15.8. The van der Waals surface area contributed by atoms with E-state index >= 15 is 0 Å². The van der Waals surface area contributed by atoms with Crippen molar-refractivity contribution in [1.82, 2.24) is 15.5 Å². The predicted octanol–water partition coefficient (Wildman–Crippen LogP) is 2.03. The first-order valence-corrected chi connectivity index (χ1v) is 12.2. The summed E-state index contributed by atoms with van der Waals surface area (Å²) in [4.78, 5) is 7.69. The molecule has 2 aliphatic heterocycles. The fourth-order valence-electron chi connectivity index (χ4n) is 4.13. The lowest BCUT2D eigenvalue weighted by molar-refractivity contribution is -0.0104. The molecular formula is C18H34N4OS2. The van der Waals surface area contributed by atoms with Gasteiger partial charge in [-0.15, -0.1) is 0 Å². The molecule has 0 aromatic heterocycles. The number of rotatable bonds is 6. The Labute approximate surface area is 161 Å². The van der Waals surface area contributed by atoms with Crippen LogP contribution in [0.1, 0.15) is 32.6 Å². The van der Waals surface area contributed by atoms with Crippen molar-refractivity contribution in [2.24, 2.45) is 4.99 Å². The van der Waals surface area contributed by atoms with Crippen molar-refractivity contribution in [2.45, 2.75) is 49.4 Å². The van der Waals surface area contributed by atoms with Crippen LogP contribution in [0.4, 0.5) is 0 Å². The number of thioether (sulfide) groups is 2. The molecule has 3 atom stereocenters. The molecule has 3 fully saturated rings. The highest BCUT2D eigenvalue weighted by atomic mass is 32.2. The van der Waals surface area contributed by atoms with E-state index in [9.17, 15) is 0 Å². The smallest absolute Gasteiger partial charge is 0.191 e. The minimum atomic E-state index is 0.230. The van der Waals surface area contributed by atoms with Gasteiger partial charge in [-0.3, -0.25) is 9.89 Å². The van der Waals surface area contributed by atoms with E-state index in [1.54, 1.807) is 0 Å². The lowest BCUT2D eigenvalue weighted by Crippen LogP contribution is -2.56. The molecule has 5 nitrogen and oxygen atoms in total. The van der Waals surface area contributed by atoms with Gasteiger partial charge in [0.2, 0.25) is 0 Å². The molecule has 0 aromatic rings. The van der Waals surface area contributed by atoms with E-state index in [4.69, 9.17) is 9.73 Å². The molecule has 7 heteroatoms. The molecule has 3 unspecified atom stereocenters. The van der Waals surface area contributed by atoms with Crippen molar-refractivity contribution in [3.8, 4) is 0 Å². The molecule has 3 rings (SSSR count). The molecule has 1 aliphatic carbocycles. The molecule has 2 heterocycles. The van der Waals surface area contributed by atoms with Crippen LogP contribution in [-0.2, 0) is 4.74 Å². The Kier molecular flexibility index (Phi) is 7.64. The highest BCUT2D eigenvalue weighted by Gasteiger charge is 2.40. The first-order chi connectivity index (χ1) is 12.3. The molecule has 0 bridgehead atoms. The van der Waals surface area contributed by atoms with E-state index in [0.717, 1.165) is 50.6 Å². The minimum Gasteiger partial charge on any atom is -0.379 e. The van der Waals surface area contributed by atoms with Crippen LogP contribution in [0.25, 0.3) is 0 Å². The van der Waals surface area contributed by atoms with Crippen LogP contribution in [0, 0.1) is 0 Å². The zero-order valence-corrected chi connectivity index (χ0v) is 17.4. The fourth-order valence-corrected chi connectivity index (χ4v) is 6.40. The number of guanidine groups is 1. The third-order valence-electron chi connectivity index (χ3n) is 5.70. The molecule has 1 saturated carbocycles. The van der Waals surface area contributed by atoms with Gasteiger partial charge in [-0.25, -0.2) is 0 Å². The maximum atomic E-state index is 5.57. The largest absolute Gasteiger partial charge is 0.379 e. The summed E-state index contributed by atoms with van der Waals surface area (Å²) < 4.78 is 5.57. The Morgan fingerprint density at radius 2 is 2.20 bits per heavy atom. The summed E-state index contributed by atoms with van der Waals surface area (Å²) in [5.74, 6) is 3.47. The topological polar surface area (TPSA) is 48.9 Å². The van der Waals surface area contributed by atoms with Gasteiger partial charge < -0.3 is 15.4 Å². The van der Waals surface area contributed by atoms with Gasteiger partial charge in [0.15, 0.2) is 5.96 Å². The summed E-state index contributed by atoms with van der Waals surface area (Å²) in [6, 6.07) is 0.576. The number of nitrogens with one attached hydrogen (secondary N) is 2. The highest BCUT2D eigenvalue weighted by Crippen LogP contribution is 2.34. The summed E-state index contributed by atoms with van der Waals surface area (Å²) in [5, 5.41) is 7.98. The van der Waals surface area contributed by atoms with Gasteiger partial charge >= 0.3 is 0 Å². The molecular weight excluding hydrogens is 352 g/mol. The van der Waals surface area contributed by atoms with Crippen molar-refractivity contribution >= 4 is 29.5 Å². The highest BCUT2D eigenvalue weighted by molar-refractivity contribution is 7.99. The lowest BCUT2D eigenvalue weighted by atomic mass is 9.96. The second kappa shape index (κ2) is 9.72. The van der Waals surface area contributed by atoms with E-state index in [0.29, 0.717) is 6.04 Å². The average Bonchev–Trinajstić information content (AvgIpc) is 3.31. The monoisotopic (exact) mass is 386 g/mol. The van der Waals surface area contributed by atoms with Crippen LogP contribution in [0.15, 0.2) is 4.99 Å². The van der Waals surface area contributed by atoms with E-state index in [1.165, 1.54) is 37.2 Å². The molecule has 0 amide bonds. The number of ether oxygens (including phenoxy) is 1. The summed E-state index contributed by atoms with van der Waals surface area (Å²) in [5.41, 5.74) is 0.230. The SMILES string of the molecule is CCNC(=NCC1(N2CCOCC2)CCSC1)NC1CCC(SC)C1. The summed E-state index contributed by atoms with van der Waals surface area (Å²) in [6.45, 7) is 7.81. The predicted molar refractivity (Wildman–Crippen MR) is 111 cm³/mol. The van der Waals surface area contributed by atoms with Gasteiger partial charge in [-0.2, -0.15) is 23.5 Å². The molecule has 3 aliphatic rings. The van der Waals surface area contributed by atoms with E-state index in [-0.39, 0.29) is 5.54 Å². The molecule has 0 radical (unpaired) electrons. The van der Waals surface area contributed by atoms with Gasteiger partial charge in [-0.05, 0) is 44.6 Å². The summed E-state index contributed by atoms with van der Waals surface area (Å²) in [7, 11) is 0. The molecule has 25 heavy (non-hydrogen) atoms. The first kappa shape index (κ1) is 19.6. The van der Waals surface area contributed by atoms with Crippen LogP contribution in [0.3, 0.4) is 0 Å². The Morgan fingerprint density at radius 1 is 1.36 bits per heavy atom. The number of hydrogen-bond acceptors (Lipinski definition) is 5. The molecule has 2 saturated heterocycles. The lowest BCUT2D eigenvalue weighted by Gasteiger charge is -2.42. The average molecular weight is 387 g/mol. The van der Waals surface area contributed by atoms with E-state index in [2.05, 4.69) is 40.5 Å². The van der Waals surface area contributed by atoms with Gasteiger partial charge in [0.25, 0.3) is 0 Å². The Hall–Kier alpha value is -0.110. The number of aliphatic imine (C=N–C) groups is 1. The molecule has 0 spiro atoms. The second-order valence-corrected chi connectivity index (χ2v) is 9.58. The standard InChI is InChI=1S/C18H34N4OS2/c1-3-19-17(21-15-4-5-16(12-15)24-2)20-13-18(6-11-25-14-18)22-7-9-23-10-8-22/h15-16H,3-14H2,1-2H3,(H2,19,20,21). The third kappa shape index (κ3) is 5.21. The van der Waals surface area contributed by atoms with E-state index in [1.807, 2.05) is 11.8 Å². The number of morpholine rings is 1. The van der Waals surface area contributed by atoms with Gasteiger partial charge in [0, 0.05) is 36.7 Å². The van der Waals surface area contributed by atoms with Gasteiger partial charge in [0.1, 0.15) is 0 Å². The molecule has 0 aromatic carbocycles. The minimum absolute atomic E-state index is 0.230. The Morgan fingerprint density at radius 3 is 2.84 bits per heavy atom. The normalized spacial score (nSPS) is 34.4. The van der Waals surface area contributed by atoms with Crippen molar-refractivity contribution < 1.29 is 4.74 Å². The van der Waals surface area contributed by atoms with Crippen LogP contribution in [-0.4, -0.2) is 84.8 Å². The number of nitrogens with zero attached hydrogens (tertiary/aromatic N) is 2. The number of hydrogen-bond donors (Lipinski definition) is 2. The third-order valence-corrected chi connectivity index (χ3v) is 8.03. The van der Waals surface area contributed by atoms with Crippen molar-refractivity contribution in [3.63, 3.8) is 0 Å². The quantitative estimate of drug-likeness (QED) is 0.538. The van der Waals surface area contributed by atoms with Crippen LogP contribution >= 0.6 is 23.5 Å². The maximum Gasteiger partial charge on any atom is 0.191 e. The molecule has 144 valence electrons. The maximum absolute atomic E-state index is 5.57. The van der Waals surface area contributed by atoms with Crippen molar-refractivity contribution in [3.05, 3.63) is 0 Å². The fraction of sp³-hybridized carbons (Fsp3) is 0.944. The van der Waals surface area contributed by atoms with Gasteiger partial charge in [0.05, 0.1) is 25.3 Å². The second-order valence-electron chi connectivity index (χ2n) is 7.33. The van der Waals surface area contributed by atoms with Crippen molar-refractivity contribution in [1.29, 1.82) is 0 Å². The Bertz CT molecular complexity index is 437. The summed E-state index contributed by atoms with van der Waals surface area (Å²) >= 11 is 4.09. The molecule has 2 N–H and O–H groups in total. The summed E-state index contributed by atoms with van der Waals surface area (Å²) in [6.07, 6.45) is 7.33. The zero-order chi connectivity index (χ0) is 17.5. The van der Waals surface area contributed by atoms with Crippen molar-refractivity contribution in [2.75, 3.05) is 57.2 Å². The van der Waals surface area contributed by atoms with Crippen LogP contribution in [0.2, 0.25) is 0 Å². The van der Waals surface area contributed by atoms with E-state index < -0.39 is 0 Å². The van der Waals surface area contributed by atoms with Crippen LogP contribution < -0.4 is 10.6 Å². The van der Waals surface area contributed by atoms with Crippen LogP contribution in [0.5, 0.6) is 0 Å². The first-order valence-electron chi connectivity index (χ1n) is 9.74. The van der Waals surface area contributed by atoms with Gasteiger partial charge in [-0.1, -0.05) is 0 Å².